The van der Waals surface area contributed by atoms with Crippen LogP contribution < -0.4 is 0 Å². The van der Waals surface area contributed by atoms with Crippen LogP contribution in [0, 0.1) is 0 Å². The van der Waals surface area contributed by atoms with E-state index < -0.39 is 0 Å². The molecule has 94 valence electrons. The van der Waals surface area contributed by atoms with Crippen molar-refractivity contribution in [1.82, 2.24) is 10.2 Å². The summed E-state index contributed by atoms with van der Waals surface area (Å²) in [5, 5.41) is 8.55. The molecule has 2 nitrogen and oxygen atoms in total. The molecule has 0 saturated carbocycles. The van der Waals surface area contributed by atoms with Gasteiger partial charge in [0.1, 0.15) is 0 Å². The van der Waals surface area contributed by atoms with E-state index in [9.17, 15) is 0 Å². The number of aromatic nitrogens is 2. The summed E-state index contributed by atoms with van der Waals surface area (Å²) in [6.45, 7) is 4.36. The molecule has 0 aliphatic rings. The average Bonchev–Trinajstić information content (AvgIpc) is 2.41. The Hall–Kier alpha value is -1.70. The number of nitrogens with zero attached hydrogens (tertiary/aromatic N) is 2. The molecular formula is C16H20N2. The predicted octanol–water partition coefficient (Wildman–Crippen LogP) is 4.05. The van der Waals surface area contributed by atoms with Gasteiger partial charge in [0, 0.05) is 5.56 Å². The molecular weight excluding hydrogens is 220 g/mol. The first-order valence-electron chi connectivity index (χ1n) is 6.75. The first-order valence-corrected chi connectivity index (χ1v) is 6.75. The van der Waals surface area contributed by atoms with Gasteiger partial charge in [0.2, 0.25) is 0 Å². The minimum absolute atomic E-state index is 0.956. The molecule has 0 unspecified atom stereocenters. The van der Waals surface area contributed by atoms with Crippen LogP contribution >= 0.6 is 0 Å². The Kier molecular flexibility index (Phi) is 4.46. The Labute approximate surface area is 109 Å². The molecule has 0 radical (unpaired) electrons. The van der Waals surface area contributed by atoms with Gasteiger partial charge in [-0.2, -0.15) is 10.2 Å². The van der Waals surface area contributed by atoms with Gasteiger partial charge in [-0.05, 0) is 30.5 Å². The Balaban J connectivity index is 2.15. The third-order valence-corrected chi connectivity index (χ3v) is 3.01. The zero-order chi connectivity index (χ0) is 12.8. The zero-order valence-electron chi connectivity index (χ0n) is 11.2. The van der Waals surface area contributed by atoms with Crippen molar-refractivity contribution in [2.24, 2.45) is 0 Å². The SMILES string of the molecule is CCCc1ccc(-c2ccc(CCC)nn2)cc1. The highest BCUT2D eigenvalue weighted by molar-refractivity contribution is 5.58. The Morgan fingerprint density at radius 3 is 2.06 bits per heavy atom. The lowest BCUT2D eigenvalue weighted by Crippen LogP contribution is -1.94. The van der Waals surface area contributed by atoms with E-state index in [0.717, 1.165) is 36.2 Å². The van der Waals surface area contributed by atoms with Crippen molar-refractivity contribution in [2.45, 2.75) is 39.5 Å². The maximum Gasteiger partial charge on any atom is 0.0929 e. The van der Waals surface area contributed by atoms with Gasteiger partial charge in [-0.25, -0.2) is 0 Å². The molecule has 2 heteroatoms. The number of rotatable bonds is 5. The summed E-state index contributed by atoms with van der Waals surface area (Å²) in [4.78, 5) is 0. The van der Waals surface area contributed by atoms with Crippen molar-refractivity contribution in [1.29, 1.82) is 0 Å². The van der Waals surface area contributed by atoms with E-state index >= 15 is 0 Å². The number of benzene rings is 1. The van der Waals surface area contributed by atoms with Crippen LogP contribution in [0.4, 0.5) is 0 Å². The van der Waals surface area contributed by atoms with Crippen LogP contribution in [-0.4, -0.2) is 10.2 Å². The maximum atomic E-state index is 4.29. The molecule has 2 aromatic rings. The fourth-order valence-electron chi connectivity index (χ4n) is 2.03. The van der Waals surface area contributed by atoms with E-state index in [2.05, 4.69) is 60.4 Å². The average molecular weight is 240 g/mol. The highest BCUT2D eigenvalue weighted by Crippen LogP contribution is 2.17. The van der Waals surface area contributed by atoms with E-state index in [4.69, 9.17) is 0 Å². The predicted molar refractivity (Wildman–Crippen MR) is 75.5 cm³/mol. The molecule has 1 aromatic carbocycles. The number of hydrogen-bond acceptors (Lipinski definition) is 2. The summed E-state index contributed by atoms with van der Waals surface area (Å²) in [7, 11) is 0. The third-order valence-electron chi connectivity index (χ3n) is 3.01. The lowest BCUT2D eigenvalue weighted by Gasteiger charge is -2.03. The fraction of sp³-hybridized carbons (Fsp3) is 0.375. The Morgan fingerprint density at radius 1 is 0.778 bits per heavy atom. The van der Waals surface area contributed by atoms with E-state index in [0.29, 0.717) is 0 Å². The summed E-state index contributed by atoms with van der Waals surface area (Å²) in [5.74, 6) is 0. The van der Waals surface area contributed by atoms with Crippen LogP contribution in [0.3, 0.4) is 0 Å². The molecule has 2 rings (SSSR count). The minimum atomic E-state index is 0.956. The highest BCUT2D eigenvalue weighted by Gasteiger charge is 2.01. The van der Waals surface area contributed by atoms with Crippen molar-refractivity contribution in [2.75, 3.05) is 0 Å². The molecule has 0 aliphatic carbocycles. The largest absolute Gasteiger partial charge is 0.155 e. The lowest BCUT2D eigenvalue weighted by atomic mass is 10.1. The molecule has 0 saturated heterocycles. The summed E-state index contributed by atoms with van der Waals surface area (Å²) in [5.41, 5.74) is 4.56. The molecule has 0 spiro atoms. The van der Waals surface area contributed by atoms with Crippen molar-refractivity contribution in [3.8, 4) is 11.3 Å². The summed E-state index contributed by atoms with van der Waals surface area (Å²) in [6.07, 6.45) is 4.44. The Morgan fingerprint density at radius 2 is 1.50 bits per heavy atom. The quantitative estimate of drug-likeness (QED) is 0.788. The molecule has 1 heterocycles. The van der Waals surface area contributed by atoms with Crippen LogP contribution in [0.25, 0.3) is 11.3 Å². The molecule has 1 aromatic heterocycles. The molecule has 0 atom stereocenters. The van der Waals surface area contributed by atoms with Gasteiger partial charge in [-0.1, -0.05) is 51.0 Å². The first kappa shape index (κ1) is 12.7. The van der Waals surface area contributed by atoms with Gasteiger partial charge in [0.05, 0.1) is 11.4 Å². The van der Waals surface area contributed by atoms with Gasteiger partial charge >= 0.3 is 0 Å². The molecule has 18 heavy (non-hydrogen) atoms. The molecule has 0 fully saturated rings. The van der Waals surface area contributed by atoms with Crippen LogP contribution in [0.5, 0.6) is 0 Å². The third kappa shape index (κ3) is 3.16. The standard InChI is InChI=1S/C16H20N2/c1-3-5-13-7-9-14(10-8-13)16-12-11-15(6-4-2)17-18-16/h7-12H,3-6H2,1-2H3. The summed E-state index contributed by atoms with van der Waals surface area (Å²) < 4.78 is 0. The molecule has 0 bridgehead atoms. The molecule has 0 N–H and O–H groups in total. The normalized spacial score (nSPS) is 10.6. The van der Waals surface area contributed by atoms with E-state index in [1.165, 1.54) is 12.0 Å². The summed E-state index contributed by atoms with van der Waals surface area (Å²) >= 11 is 0. The van der Waals surface area contributed by atoms with Crippen molar-refractivity contribution in [3.05, 3.63) is 47.7 Å². The maximum absolute atomic E-state index is 4.29. The highest BCUT2D eigenvalue weighted by atomic mass is 15.1. The van der Waals surface area contributed by atoms with E-state index in [1.807, 2.05) is 0 Å². The van der Waals surface area contributed by atoms with Crippen LogP contribution in [0.15, 0.2) is 36.4 Å². The van der Waals surface area contributed by atoms with Gasteiger partial charge < -0.3 is 0 Å². The number of aryl methyl sites for hydroxylation is 2. The van der Waals surface area contributed by atoms with Gasteiger partial charge in [-0.15, -0.1) is 0 Å². The first-order chi connectivity index (χ1) is 8.83. The minimum Gasteiger partial charge on any atom is -0.155 e. The van der Waals surface area contributed by atoms with Crippen molar-refractivity contribution in [3.63, 3.8) is 0 Å². The second-order valence-electron chi connectivity index (χ2n) is 4.61. The fourth-order valence-corrected chi connectivity index (χ4v) is 2.03. The molecule has 0 amide bonds. The Bertz CT molecular complexity index is 424. The second kappa shape index (κ2) is 6.29. The van der Waals surface area contributed by atoms with Crippen LogP contribution in [0.2, 0.25) is 0 Å². The number of hydrogen-bond donors (Lipinski definition) is 0. The second-order valence-corrected chi connectivity index (χ2v) is 4.61. The molecule has 0 aliphatic heterocycles. The smallest absolute Gasteiger partial charge is 0.0929 e. The zero-order valence-corrected chi connectivity index (χ0v) is 11.2. The summed E-state index contributed by atoms with van der Waals surface area (Å²) in [6, 6.07) is 12.8. The van der Waals surface area contributed by atoms with Crippen LogP contribution in [0.1, 0.15) is 37.9 Å². The van der Waals surface area contributed by atoms with E-state index in [-0.39, 0.29) is 0 Å². The van der Waals surface area contributed by atoms with Crippen LogP contribution in [-0.2, 0) is 12.8 Å². The van der Waals surface area contributed by atoms with Crippen molar-refractivity contribution < 1.29 is 0 Å². The van der Waals surface area contributed by atoms with Gasteiger partial charge in [0.25, 0.3) is 0 Å². The monoisotopic (exact) mass is 240 g/mol. The van der Waals surface area contributed by atoms with Gasteiger partial charge in [-0.3, -0.25) is 0 Å². The van der Waals surface area contributed by atoms with Crippen molar-refractivity contribution >= 4 is 0 Å². The van der Waals surface area contributed by atoms with E-state index in [1.54, 1.807) is 0 Å². The lowest BCUT2D eigenvalue weighted by molar-refractivity contribution is 0.841. The topological polar surface area (TPSA) is 25.8 Å². The van der Waals surface area contributed by atoms with Gasteiger partial charge in [0.15, 0.2) is 0 Å².